The lowest BCUT2D eigenvalue weighted by molar-refractivity contribution is -0.131. The Labute approximate surface area is 192 Å². The first-order chi connectivity index (χ1) is 15.8. The molecule has 1 saturated heterocycles. The van der Waals surface area contributed by atoms with Crippen molar-refractivity contribution < 1.29 is 24.2 Å². The minimum Gasteiger partial charge on any atom is -0.508 e. The Balaban J connectivity index is 1.55. The quantitative estimate of drug-likeness (QED) is 0.593. The molecule has 3 N–H and O–H groups in total. The molecule has 8 nitrogen and oxygen atoms in total. The summed E-state index contributed by atoms with van der Waals surface area (Å²) in [6, 6.07) is 12.7. The maximum Gasteiger partial charge on any atom is 0.251 e. The van der Waals surface area contributed by atoms with Crippen molar-refractivity contribution in [3.05, 3.63) is 59.7 Å². The molecule has 2 aromatic carbocycles. The summed E-state index contributed by atoms with van der Waals surface area (Å²) in [5.74, 6) is -0.886. The minimum absolute atomic E-state index is 0.00719. The molecule has 0 spiro atoms. The lowest BCUT2D eigenvalue weighted by atomic mass is 9.91. The van der Waals surface area contributed by atoms with Crippen molar-refractivity contribution in [1.29, 1.82) is 0 Å². The number of carbonyl (C=O) groups is 3. The van der Waals surface area contributed by atoms with E-state index >= 15 is 0 Å². The molecule has 2 aliphatic rings. The predicted octanol–water partition coefficient (Wildman–Crippen LogP) is 1.81. The largest absolute Gasteiger partial charge is 0.508 e. The molecule has 0 bridgehead atoms. The number of nitrogens with zero attached hydrogens (tertiary/aromatic N) is 1. The van der Waals surface area contributed by atoms with Crippen LogP contribution >= 0.6 is 0 Å². The minimum atomic E-state index is -1.02. The van der Waals surface area contributed by atoms with Crippen LogP contribution in [0.25, 0.3) is 0 Å². The molecule has 33 heavy (non-hydrogen) atoms. The van der Waals surface area contributed by atoms with Gasteiger partial charge in [0.2, 0.25) is 5.91 Å². The third-order valence-electron chi connectivity index (χ3n) is 6.46. The van der Waals surface area contributed by atoms with Gasteiger partial charge in [0.25, 0.3) is 5.91 Å². The first-order valence-corrected chi connectivity index (χ1v) is 11.1. The molecule has 1 aliphatic heterocycles. The number of nitrogens with one attached hydrogen (secondary N) is 2. The van der Waals surface area contributed by atoms with Gasteiger partial charge in [0.1, 0.15) is 23.9 Å². The highest BCUT2D eigenvalue weighted by atomic mass is 16.5. The molecule has 3 atom stereocenters. The van der Waals surface area contributed by atoms with Crippen molar-refractivity contribution in [1.82, 2.24) is 10.6 Å². The van der Waals surface area contributed by atoms with E-state index in [1.165, 1.54) is 0 Å². The van der Waals surface area contributed by atoms with E-state index in [-0.39, 0.29) is 30.7 Å². The number of phenols is 1. The lowest BCUT2D eigenvalue weighted by Gasteiger charge is -2.30. The van der Waals surface area contributed by atoms with E-state index in [2.05, 4.69) is 10.6 Å². The number of anilines is 1. The SMILES string of the molecule is CN(C)c1ccc(C(=O)NC(Cc2cccc(O)c2)C(=O)NC23CCCC2OCC3=O)cc1. The Kier molecular flexibility index (Phi) is 6.37. The Hall–Kier alpha value is -3.39. The molecule has 1 heterocycles. The summed E-state index contributed by atoms with van der Waals surface area (Å²) in [7, 11) is 3.82. The van der Waals surface area contributed by atoms with Gasteiger partial charge in [0.05, 0.1) is 6.10 Å². The van der Waals surface area contributed by atoms with Gasteiger partial charge in [-0.05, 0) is 61.2 Å². The number of fused-ring (bicyclic) bond motifs is 1. The molecule has 0 aromatic heterocycles. The lowest BCUT2D eigenvalue weighted by Crippen LogP contribution is -2.60. The van der Waals surface area contributed by atoms with Crippen LogP contribution in [-0.4, -0.2) is 61.1 Å². The van der Waals surface area contributed by atoms with Gasteiger partial charge in [-0.25, -0.2) is 0 Å². The zero-order valence-electron chi connectivity index (χ0n) is 18.8. The Morgan fingerprint density at radius 3 is 2.67 bits per heavy atom. The van der Waals surface area contributed by atoms with E-state index in [9.17, 15) is 19.5 Å². The normalized spacial score (nSPS) is 22.5. The smallest absolute Gasteiger partial charge is 0.251 e. The number of carbonyl (C=O) groups excluding carboxylic acids is 3. The second-order valence-electron chi connectivity index (χ2n) is 8.92. The van der Waals surface area contributed by atoms with Crippen molar-refractivity contribution in [2.45, 2.75) is 43.4 Å². The maximum atomic E-state index is 13.4. The van der Waals surface area contributed by atoms with Crippen LogP contribution in [0.1, 0.15) is 35.2 Å². The number of aromatic hydroxyl groups is 1. The summed E-state index contributed by atoms with van der Waals surface area (Å²) in [6.07, 6.45) is 1.87. The van der Waals surface area contributed by atoms with E-state index in [4.69, 9.17) is 4.74 Å². The summed E-state index contributed by atoms with van der Waals surface area (Å²) in [4.78, 5) is 40.9. The van der Waals surface area contributed by atoms with Crippen molar-refractivity contribution in [2.24, 2.45) is 0 Å². The highest BCUT2D eigenvalue weighted by Crippen LogP contribution is 2.37. The summed E-state index contributed by atoms with van der Waals surface area (Å²) >= 11 is 0. The standard InChI is InChI=1S/C25H29N3O5/c1-28(2)18-10-8-17(9-11-18)23(31)26-20(14-16-5-3-6-19(29)13-16)24(32)27-25-12-4-7-22(25)33-15-21(25)30/h3,5-6,8-11,13,20,22,29H,4,7,12,14-15H2,1-2H3,(H,26,31)(H,27,32). The first-order valence-electron chi connectivity index (χ1n) is 11.1. The molecule has 0 radical (unpaired) electrons. The second kappa shape index (κ2) is 9.23. The average Bonchev–Trinajstić information content (AvgIpc) is 3.32. The summed E-state index contributed by atoms with van der Waals surface area (Å²) < 4.78 is 5.60. The van der Waals surface area contributed by atoms with Crippen molar-refractivity contribution in [3.63, 3.8) is 0 Å². The molecule has 174 valence electrons. The number of ether oxygens (including phenoxy) is 1. The van der Waals surface area contributed by atoms with E-state index < -0.39 is 23.4 Å². The number of rotatable bonds is 7. The van der Waals surface area contributed by atoms with Crippen LogP contribution in [0.15, 0.2) is 48.5 Å². The number of Topliss-reactive ketones (excluding diaryl/α,β-unsaturated/α-hetero) is 1. The Morgan fingerprint density at radius 2 is 1.97 bits per heavy atom. The molecular formula is C25H29N3O5. The molecule has 2 amide bonds. The van der Waals surface area contributed by atoms with Crippen LogP contribution in [0, 0.1) is 0 Å². The molecule has 1 saturated carbocycles. The van der Waals surface area contributed by atoms with Gasteiger partial charge in [0, 0.05) is 31.8 Å². The number of phenolic OH excluding ortho intramolecular Hbond substituents is 1. The fourth-order valence-electron chi connectivity index (χ4n) is 4.62. The van der Waals surface area contributed by atoms with E-state index in [0.29, 0.717) is 24.0 Å². The Morgan fingerprint density at radius 1 is 1.21 bits per heavy atom. The third kappa shape index (κ3) is 4.71. The van der Waals surface area contributed by atoms with Crippen molar-refractivity contribution in [2.75, 3.05) is 25.6 Å². The molecular weight excluding hydrogens is 422 g/mol. The molecule has 8 heteroatoms. The highest BCUT2D eigenvalue weighted by Gasteiger charge is 2.55. The number of amides is 2. The molecule has 1 aliphatic carbocycles. The van der Waals surface area contributed by atoms with Crippen molar-refractivity contribution in [3.8, 4) is 5.75 Å². The number of ketones is 1. The number of benzene rings is 2. The van der Waals surface area contributed by atoms with Crippen molar-refractivity contribution >= 4 is 23.3 Å². The summed E-state index contributed by atoms with van der Waals surface area (Å²) in [5.41, 5.74) is 1.04. The van der Waals surface area contributed by atoms with E-state index in [1.54, 1.807) is 36.4 Å². The van der Waals surface area contributed by atoms with Gasteiger partial charge in [-0.1, -0.05) is 12.1 Å². The fraction of sp³-hybridized carbons (Fsp3) is 0.400. The van der Waals surface area contributed by atoms with Crippen LogP contribution in [0.3, 0.4) is 0 Å². The van der Waals surface area contributed by atoms with E-state index in [0.717, 1.165) is 12.1 Å². The zero-order valence-corrected chi connectivity index (χ0v) is 18.8. The van der Waals surface area contributed by atoms with Gasteiger partial charge in [0.15, 0.2) is 5.78 Å². The molecule has 4 rings (SSSR count). The molecule has 2 aromatic rings. The predicted molar refractivity (Wildman–Crippen MR) is 123 cm³/mol. The molecule has 2 fully saturated rings. The third-order valence-corrected chi connectivity index (χ3v) is 6.46. The van der Waals surface area contributed by atoms with Crippen LogP contribution in [0.4, 0.5) is 5.69 Å². The van der Waals surface area contributed by atoms with Crippen LogP contribution in [-0.2, 0) is 20.7 Å². The number of hydrogen-bond donors (Lipinski definition) is 3. The van der Waals surface area contributed by atoms with Gasteiger partial charge in [-0.2, -0.15) is 0 Å². The first kappa shape index (κ1) is 22.8. The van der Waals surface area contributed by atoms with E-state index in [1.807, 2.05) is 31.1 Å². The van der Waals surface area contributed by atoms with Gasteiger partial charge < -0.3 is 25.4 Å². The van der Waals surface area contributed by atoms with Gasteiger partial charge in [-0.15, -0.1) is 0 Å². The fourth-order valence-corrected chi connectivity index (χ4v) is 4.62. The van der Waals surface area contributed by atoms with Crippen LogP contribution < -0.4 is 15.5 Å². The van der Waals surface area contributed by atoms with Gasteiger partial charge >= 0.3 is 0 Å². The van der Waals surface area contributed by atoms with Crippen LogP contribution in [0.5, 0.6) is 5.75 Å². The number of hydrogen-bond acceptors (Lipinski definition) is 6. The monoisotopic (exact) mass is 451 g/mol. The maximum absolute atomic E-state index is 13.4. The topological polar surface area (TPSA) is 108 Å². The second-order valence-corrected chi connectivity index (χ2v) is 8.92. The molecule has 3 unspecified atom stereocenters. The summed E-state index contributed by atoms with van der Waals surface area (Å²) in [6.45, 7) is -0.00719. The summed E-state index contributed by atoms with van der Waals surface area (Å²) in [5, 5.41) is 15.6. The van der Waals surface area contributed by atoms with Gasteiger partial charge in [-0.3, -0.25) is 14.4 Å². The highest BCUT2D eigenvalue weighted by molar-refractivity contribution is 6.00. The average molecular weight is 452 g/mol. The van der Waals surface area contributed by atoms with Crippen LogP contribution in [0.2, 0.25) is 0 Å². The zero-order chi connectivity index (χ0) is 23.6. The Bertz CT molecular complexity index is 1050.